The fraction of sp³-hybridized carbons (Fsp3) is 0.167. The van der Waals surface area contributed by atoms with Crippen LogP contribution >= 0.6 is 0 Å². The highest BCUT2D eigenvalue weighted by molar-refractivity contribution is 5.79. The van der Waals surface area contributed by atoms with Crippen molar-refractivity contribution in [1.29, 1.82) is 0 Å². The number of pyridine rings is 1. The van der Waals surface area contributed by atoms with Crippen LogP contribution in [0.2, 0.25) is 0 Å². The van der Waals surface area contributed by atoms with Crippen LogP contribution in [0.5, 0.6) is 0 Å². The number of aliphatic hydroxyl groups is 1. The molecule has 0 aliphatic rings. The third-order valence-electron chi connectivity index (χ3n) is 3.67. The van der Waals surface area contributed by atoms with Crippen molar-refractivity contribution in [2.75, 3.05) is 0 Å². The van der Waals surface area contributed by atoms with Gasteiger partial charge in [-0.3, -0.25) is 4.98 Å². The maximum atomic E-state index is 13.3. The van der Waals surface area contributed by atoms with Crippen LogP contribution in [-0.4, -0.2) is 10.1 Å². The van der Waals surface area contributed by atoms with E-state index in [4.69, 9.17) is 0 Å². The van der Waals surface area contributed by atoms with Crippen molar-refractivity contribution in [2.45, 2.75) is 18.9 Å². The second-order valence-electron chi connectivity index (χ2n) is 5.49. The third kappa shape index (κ3) is 2.93. The van der Waals surface area contributed by atoms with Gasteiger partial charge in [0.2, 0.25) is 0 Å². The van der Waals surface area contributed by atoms with Crippen molar-refractivity contribution in [3.8, 4) is 0 Å². The monoisotopic (exact) mass is 281 g/mol. The predicted molar refractivity (Wildman–Crippen MR) is 81.4 cm³/mol. The second kappa shape index (κ2) is 5.26. The number of rotatable bonds is 3. The summed E-state index contributed by atoms with van der Waals surface area (Å²) in [6, 6.07) is 15.9. The first-order valence-corrected chi connectivity index (χ1v) is 6.87. The molecule has 0 spiro atoms. The summed E-state index contributed by atoms with van der Waals surface area (Å²) in [5.74, 6) is -0.288. The maximum Gasteiger partial charge on any atom is 0.123 e. The number of halogens is 1. The zero-order chi connectivity index (χ0) is 14.9. The Morgan fingerprint density at radius 3 is 2.76 bits per heavy atom. The second-order valence-corrected chi connectivity index (χ2v) is 5.49. The van der Waals surface area contributed by atoms with Gasteiger partial charge in [-0.15, -0.1) is 0 Å². The molecule has 0 saturated carbocycles. The number of aromatic nitrogens is 1. The van der Waals surface area contributed by atoms with Crippen molar-refractivity contribution in [3.05, 3.63) is 77.7 Å². The molecule has 21 heavy (non-hydrogen) atoms. The Bertz CT molecular complexity index is 783. The Balaban J connectivity index is 1.95. The van der Waals surface area contributed by atoms with Gasteiger partial charge in [0.25, 0.3) is 0 Å². The first kappa shape index (κ1) is 13.7. The van der Waals surface area contributed by atoms with Gasteiger partial charge in [0, 0.05) is 18.0 Å². The van der Waals surface area contributed by atoms with Crippen LogP contribution in [0.3, 0.4) is 0 Å². The molecule has 0 aliphatic heterocycles. The molecule has 2 aromatic carbocycles. The van der Waals surface area contributed by atoms with Gasteiger partial charge in [0.05, 0.1) is 11.1 Å². The molecule has 1 atom stereocenters. The first-order chi connectivity index (χ1) is 10.0. The highest BCUT2D eigenvalue weighted by atomic mass is 19.1. The Kier molecular flexibility index (Phi) is 3.43. The van der Waals surface area contributed by atoms with Crippen molar-refractivity contribution in [3.63, 3.8) is 0 Å². The largest absolute Gasteiger partial charge is 0.385 e. The number of hydrogen-bond donors (Lipinski definition) is 1. The highest BCUT2D eigenvalue weighted by Crippen LogP contribution is 2.27. The lowest BCUT2D eigenvalue weighted by molar-refractivity contribution is 0.0577. The average Bonchev–Trinajstić information content (AvgIpc) is 2.46. The molecule has 0 amide bonds. The van der Waals surface area contributed by atoms with E-state index >= 15 is 0 Å². The molecule has 2 nitrogen and oxygen atoms in total. The van der Waals surface area contributed by atoms with E-state index in [0.29, 0.717) is 6.42 Å². The van der Waals surface area contributed by atoms with Gasteiger partial charge in [-0.05, 0) is 42.3 Å². The van der Waals surface area contributed by atoms with Crippen LogP contribution in [0.1, 0.15) is 18.1 Å². The third-order valence-corrected chi connectivity index (χ3v) is 3.67. The molecular formula is C18H16FNO. The molecule has 0 saturated heterocycles. The van der Waals surface area contributed by atoms with E-state index in [9.17, 15) is 9.50 Å². The van der Waals surface area contributed by atoms with E-state index in [1.807, 2.05) is 36.4 Å². The molecule has 0 aliphatic carbocycles. The minimum atomic E-state index is -1.07. The maximum absolute atomic E-state index is 13.3. The zero-order valence-electron chi connectivity index (χ0n) is 11.8. The van der Waals surface area contributed by atoms with Gasteiger partial charge in [-0.25, -0.2) is 4.39 Å². The van der Waals surface area contributed by atoms with Crippen LogP contribution in [0.4, 0.5) is 4.39 Å². The molecule has 0 bridgehead atoms. The van der Waals surface area contributed by atoms with E-state index in [1.54, 1.807) is 19.2 Å². The SMILES string of the molecule is CC(O)(Cc1cccc(F)c1)c1ccc2cccnc2c1. The van der Waals surface area contributed by atoms with E-state index in [-0.39, 0.29) is 5.82 Å². The normalized spacial score (nSPS) is 14.0. The molecular weight excluding hydrogens is 265 g/mol. The fourth-order valence-electron chi connectivity index (χ4n) is 2.55. The lowest BCUT2D eigenvalue weighted by Crippen LogP contribution is -2.24. The Labute approximate surface area is 122 Å². The van der Waals surface area contributed by atoms with E-state index in [2.05, 4.69) is 4.98 Å². The number of fused-ring (bicyclic) bond motifs is 1. The van der Waals surface area contributed by atoms with E-state index in [1.165, 1.54) is 12.1 Å². The lowest BCUT2D eigenvalue weighted by atomic mass is 9.88. The van der Waals surface area contributed by atoms with Crippen molar-refractivity contribution in [1.82, 2.24) is 4.98 Å². The summed E-state index contributed by atoms with van der Waals surface area (Å²) in [6.07, 6.45) is 2.08. The van der Waals surface area contributed by atoms with Crippen LogP contribution < -0.4 is 0 Å². The Hall–Kier alpha value is -2.26. The molecule has 1 unspecified atom stereocenters. The molecule has 0 fully saturated rings. The minimum absolute atomic E-state index is 0.288. The number of hydrogen-bond acceptors (Lipinski definition) is 2. The summed E-state index contributed by atoms with van der Waals surface area (Å²) in [5, 5.41) is 11.8. The van der Waals surface area contributed by atoms with Crippen LogP contribution in [0, 0.1) is 5.82 Å². The molecule has 1 N–H and O–H groups in total. The lowest BCUT2D eigenvalue weighted by Gasteiger charge is -2.24. The molecule has 106 valence electrons. The summed E-state index contributed by atoms with van der Waals surface area (Å²) < 4.78 is 13.3. The first-order valence-electron chi connectivity index (χ1n) is 6.87. The smallest absolute Gasteiger partial charge is 0.123 e. The van der Waals surface area contributed by atoms with Gasteiger partial charge in [0.1, 0.15) is 5.82 Å². The summed E-state index contributed by atoms with van der Waals surface area (Å²) in [5.41, 5.74) is 1.31. The quantitative estimate of drug-likeness (QED) is 0.791. The average molecular weight is 281 g/mol. The van der Waals surface area contributed by atoms with E-state index in [0.717, 1.165) is 22.0 Å². The van der Waals surface area contributed by atoms with Crippen LogP contribution in [-0.2, 0) is 12.0 Å². The van der Waals surface area contributed by atoms with Gasteiger partial charge in [-0.2, -0.15) is 0 Å². The van der Waals surface area contributed by atoms with Crippen LogP contribution in [0.25, 0.3) is 10.9 Å². The van der Waals surface area contributed by atoms with Gasteiger partial charge in [0.15, 0.2) is 0 Å². The summed E-state index contributed by atoms with van der Waals surface area (Å²) in [6.45, 7) is 1.74. The van der Waals surface area contributed by atoms with Gasteiger partial charge in [-0.1, -0.05) is 30.3 Å². The molecule has 1 aromatic heterocycles. The van der Waals surface area contributed by atoms with Crippen molar-refractivity contribution >= 4 is 10.9 Å². The van der Waals surface area contributed by atoms with Gasteiger partial charge < -0.3 is 5.11 Å². The Morgan fingerprint density at radius 2 is 1.95 bits per heavy atom. The number of nitrogens with zero attached hydrogens (tertiary/aromatic N) is 1. The predicted octanol–water partition coefficient (Wildman–Crippen LogP) is 3.82. The molecule has 3 rings (SSSR count). The topological polar surface area (TPSA) is 33.1 Å². The molecule has 0 radical (unpaired) electrons. The Morgan fingerprint density at radius 1 is 1.10 bits per heavy atom. The van der Waals surface area contributed by atoms with Gasteiger partial charge >= 0.3 is 0 Å². The fourth-order valence-corrected chi connectivity index (χ4v) is 2.55. The standard InChI is InChI=1S/C18H16FNO/c1-18(21,12-13-4-2-6-16(19)10-13)15-8-7-14-5-3-9-20-17(14)11-15/h2-11,21H,12H2,1H3. The minimum Gasteiger partial charge on any atom is -0.385 e. The summed E-state index contributed by atoms with van der Waals surface area (Å²) in [7, 11) is 0. The number of benzene rings is 2. The van der Waals surface area contributed by atoms with Crippen molar-refractivity contribution < 1.29 is 9.50 Å². The molecule has 3 aromatic rings. The summed E-state index contributed by atoms with van der Waals surface area (Å²) in [4.78, 5) is 4.31. The van der Waals surface area contributed by atoms with Crippen molar-refractivity contribution in [2.24, 2.45) is 0 Å². The zero-order valence-corrected chi connectivity index (χ0v) is 11.8. The van der Waals surface area contributed by atoms with E-state index < -0.39 is 5.60 Å². The highest BCUT2D eigenvalue weighted by Gasteiger charge is 2.24. The van der Waals surface area contributed by atoms with Crippen LogP contribution in [0.15, 0.2) is 60.8 Å². The molecule has 1 heterocycles. The summed E-state index contributed by atoms with van der Waals surface area (Å²) >= 11 is 0. The molecule has 3 heteroatoms.